The lowest BCUT2D eigenvalue weighted by atomic mass is 10.1. The Kier molecular flexibility index (Phi) is 2.27. The van der Waals surface area contributed by atoms with Crippen LogP contribution in [0, 0.1) is 0 Å². The smallest absolute Gasteiger partial charge is 0.150 e. The normalized spacial score (nSPS) is 13.5. The molecule has 0 aromatic heterocycles. The van der Waals surface area contributed by atoms with Gasteiger partial charge in [-0.3, -0.25) is 4.79 Å². The van der Waals surface area contributed by atoms with Crippen LogP contribution in [0.15, 0.2) is 33.6 Å². The van der Waals surface area contributed by atoms with Gasteiger partial charge in [0.15, 0.2) is 0 Å². The lowest BCUT2D eigenvalue weighted by molar-refractivity contribution is 0.112. The number of aldehydes is 1. The van der Waals surface area contributed by atoms with Crippen LogP contribution in [0.5, 0.6) is 0 Å². The zero-order valence-electron chi connectivity index (χ0n) is 6.81. The van der Waals surface area contributed by atoms with Gasteiger partial charge in [0.05, 0.1) is 0 Å². The molecule has 0 unspecified atom stereocenters. The summed E-state index contributed by atoms with van der Waals surface area (Å²) in [5.74, 6) is 0. The molecule has 1 aromatic carbocycles. The van der Waals surface area contributed by atoms with E-state index in [4.69, 9.17) is 0 Å². The lowest BCUT2D eigenvalue weighted by Crippen LogP contribution is -1.83. The highest BCUT2D eigenvalue weighted by atomic mass is 32.2. The Morgan fingerprint density at radius 3 is 3.15 bits per heavy atom. The molecule has 0 saturated heterocycles. The molecule has 0 aliphatic carbocycles. The van der Waals surface area contributed by atoms with Gasteiger partial charge in [0.25, 0.3) is 0 Å². The quantitative estimate of drug-likeness (QED) is 0.502. The van der Waals surface area contributed by atoms with E-state index in [-0.39, 0.29) is 0 Å². The van der Waals surface area contributed by atoms with Crippen molar-refractivity contribution in [1.29, 1.82) is 0 Å². The molecule has 0 bridgehead atoms. The maximum absolute atomic E-state index is 10.5. The fourth-order valence-corrected chi connectivity index (χ4v) is 1.73. The predicted octanol–water partition coefficient (Wildman–Crippen LogP) is 2.60. The van der Waals surface area contributed by atoms with Crippen LogP contribution < -0.4 is 0 Å². The second kappa shape index (κ2) is 3.58. The minimum atomic E-state index is 0.700. The van der Waals surface area contributed by atoms with Crippen molar-refractivity contribution >= 4 is 30.5 Å². The fourth-order valence-electron chi connectivity index (χ4n) is 1.12. The van der Waals surface area contributed by atoms with E-state index in [1.807, 2.05) is 24.3 Å². The van der Waals surface area contributed by atoms with Crippen LogP contribution >= 0.6 is 11.9 Å². The summed E-state index contributed by atoms with van der Waals surface area (Å²) in [4.78, 5) is 11.6. The van der Waals surface area contributed by atoms with Gasteiger partial charge in [0, 0.05) is 28.6 Å². The second-order valence-electron chi connectivity index (χ2n) is 2.62. The third-order valence-corrected chi connectivity index (χ3v) is 2.54. The molecule has 0 fully saturated rings. The number of carbonyl (C=O) groups is 1. The maximum atomic E-state index is 10.5. The summed E-state index contributed by atoms with van der Waals surface area (Å²) in [7, 11) is 0. The zero-order valence-corrected chi connectivity index (χ0v) is 7.62. The van der Waals surface area contributed by atoms with E-state index in [1.54, 1.807) is 12.3 Å². The monoisotopic (exact) mass is 189 g/mol. The molecule has 2 rings (SSSR count). The molecule has 0 N–H and O–H groups in total. The summed E-state index contributed by atoms with van der Waals surface area (Å²) >= 11 is 1.42. The minimum absolute atomic E-state index is 0.700. The highest BCUT2D eigenvalue weighted by Gasteiger charge is 2.02. The van der Waals surface area contributed by atoms with E-state index >= 15 is 0 Å². The number of carbonyl (C=O) groups excluding carboxylic acids is 1. The van der Waals surface area contributed by atoms with Crippen molar-refractivity contribution in [3.63, 3.8) is 0 Å². The van der Waals surface area contributed by atoms with E-state index < -0.39 is 0 Å². The van der Waals surface area contributed by atoms with Gasteiger partial charge in [0.1, 0.15) is 6.29 Å². The SMILES string of the molecule is O=Cc1ccc2c(c1)C=CC=NS2. The van der Waals surface area contributed by atoms with Crippen molar-refractivity contribution in [1.82, 2.24) is 0 Å². The van der Waals surface area contributed by atoms with Crippen LogP contribution in [-0.2, 0) is 0 Å². The molecule has 1 aliphatic heterocycles. The van der Waals surface area contributed by atoms with E-state index in [2.05, 4.69) is 4.40 Å². The standard InChI is InChI=1S/C10H7NOS/c12-7-8-3-4-10-9(6-8)2-1-5-11-13-10/h1-7H. The Hall–Kier alpha value is -1.35. The van der Waals surface area contributed by atoms with Crippen molar-refractivity contribution in [2.45, 2.75) is 4.90 Å². The largest absolute Gasteiger partial charge is 0.298 e. The molecule has 3 heteroatoms. The summed E-state index contributed by atoms with van der Waals surface area (Å²) in [5, 5.41) is 0. The molecular weight excluding hydrogens is 182 g/mol. The number of hydrogen-bond donors (Lipinski definition) is 0. The van der Waals surface area contributed by atoms with Gasteiger partial charge >= 0.3 is 0 Å². The Morgan fingerprint density at radius 1 is 1.38 bits per heavy atom. The van der Waals surface area contributed by atoms with Gasteiger partial charge in [-0.1, -0.05) is 12.1 Å². The number of hydrogen-bond acceptors (Lipinski definition) is 3. The molecule has 1 aromatic rings. The average molecular weight is 189 g/mol. The highest BCUT2D eigenvalue weighted by Crippen LogP contribution is 2.26. The molecule has 0 saturated carbocycles. The predicted molar refractivity (Wildman–Crippen MR) is 55.2 cm³/mol. The van der Waals surface area contributed by atoms with Crippen molar-refractivity contribution in [2.24, 2.45) is 4.40 Å². The third kappa shape index (κ3) is 1.70. The number of fused-ring (bicyclic) bond motifs is 1. The molecule has 0 atom stereocenters. The van der Waals surface area contributed by atoms with Gasteiger partial charge in [0.2, 0.25) is 0 Å². The lowest BCUT2D eigenvalue weighted by Gasteiger charge is -2.00. The zero-order chi connectivity index (χ0) is 9.10. The van der Waals surface area contributed by atoms with E-state index in [9.17, 15) is 4.79 Å². The van der Waals surface area contributed by atoms with Crippen LogP contribution in [-0.4, -0.2) is 12.5 Å². The first-order valence-corrected chi connectivity index (χ1v) is 4.64. The van der Waals surface area contributed by atoms with Gasteiger partial charge in [-0.05, 0) is 23.8 Å². The Morgan fingerprint density at radius 2 is 2.31 bits per heavy atom. The number of allylic oxidation sites excluding steroid dienone is 1. The first kappa shape index (κ1) is 8.26. The number of nitrogens with zero attached hydrogens (tertiary/aromatic N) is 1. The Labute approximate surface area is 80.5 Å². The summed E-state index contributed by atoms with van der Waals surface area (Å²) in [6, 6.07) is 5.57. The molecule has 1 heterocycles. The van der Waals surface area contributed by atoms with E-state index in [1.165, 1.54) is 11.9 Å². The molecule has 0 spiro atoms. The van der Waals surface area contributed by atoms with Crippen LogP contribution in [0.1, 0.15) is 15.9 Å². The van der Waals surface area contributed by atoms with Crippen molar-refractivity contribution < 1.29 is 4.79 Å². The molecule has 0 radical (unpaired) electrons. The van der Waals surface area contributed by atoms with E-state index in [0.29, 0.717) is 5.56 Å². The van der Waals surface area contributed by atoms with Gasteiger partial charge in [-0.15, -0.1) is 0 Å². The Balaban J connectivity index is 2.51. The van der Waals surface area contributed by atoms with Gasteiger partial charge < -0.3 is 0 Å². The van der Waals surface area contributed by atoms with Crippen LogP contribution in [0.25, 0.3) is 6.08 Å². The van der Waals surface area contributed by atoms with Crippen LogP contribution in [0.4, 0.5) is 0 Å². The number of benzene rings is 1. The fraction of sp³-hybridized carbons (Fsp3) is 0. The second-order valence-corrected chi connectivity index (χ2v) is 3.45. The summed E-state index contributed by atoms with van der Waals surface area (Å²) in [6.45, 7) is 0. The molecule has 13 heavy (non-hydrogen) atoms. The topological polar surface area (TPSA) is 29.4 Å². The highest BCUT2D eigenvalue weighted by molar-refractivity contribution is 7.98. The van der Waals surface area contributed by atoms with Crippen LogP contribution in [0.2, 0.25) is 0 Å². The maximum Gasteiger partial charge on any atom is 0.150 e. The molecular formula is C10H7NOS. The van der Waals surface area contributed by atoms with Crippen LogP contribution in [0.3, 0.4) is 0 Å². The van der Waals surface area contributed by atoms with Crippen molar-refractivity contribution in [3.05, 3.63) is 35.4 Å². The van der Waals surface area contributed by atoms with E-state index in [0.717, 1.165) is 16.7 Å². The van der Waals surface area contributed by atoms with Crippen molar-refractivity contribution in [3.8, 4) is 0 Å². The summed E-state index contributed by atoms with van der Waals surface area (Å²) in [6.07, 6.45) is 6.41. The molecule has 0 amide bonds. The average Bonchev–Trinajstić information content (AvgIpc) is 2.41. The van der Waals surface area contributed by atoms with Gasteiger partial charge in [-0.2, -0.15) is 0 Å². The molecule has 2 nitrogen and oxygen atoms in total. The third-order valence-electron chi connectivity index (χ3n) is 1.74. The number of rotatable bonds is 1. The van der Waals surface area contributed by atoms with Gasteiger partial charge in [-0.25, -0.2) is 4.40 Å². The minimum Gasteiger partial charge on any atom is -0.298 e. The Bertz CT molecular complexity index is 396. The summed E-state index contributed by atoms with van der Waals surface area (Å²) < 4.78 is 4.08. The first-order valence-electron chi connectivity index (χ1n) is 3.86. The molecule has 64 valence electrons. The first-order chi connectivity index (χ1) is 6.40. The summed E-state index contributed by atoms with van der Waals surface area (Å²) in [5.41, 5.74) is 1.75. The molecule has 1 aliphatic rings. The van der Waals surface area contributed by atoms with Crippen molar-refractivity contribution in [2.75, 3.05) is 0 Å².